The lowest BCUT2D eigenvalue weighted by molar-refractivity contribution is 0.0517. The highest BCUT2D eigenvalue weighted by Crippen LogP contribution is 2.06. The Morgan fingerprint density at radius 2 is 2.04 bits per heavy atom. The molecule has 0 aliphatic rings. The van der Waals surface area contributed by atoms with Gasteiger partial charge in [-0.3, -0.25) is 4.68 Å². The Hall–Kier alpha value is -2.09. The van der Waals surface area contributed by atoms with Crippen LogP contribution in [0.25, 0.3) is 0 Å². The van der Waals surface area contributed by atoms with Gasteiger partial charge in [0.25, 0.3) is 0 Å². The summed E-state index contributed by atoms with van der Waals surface area (Å²) < 4.78 is 16.8. The van der Waals surface area contributed by atoms with Crippen molar-refractivity contribution in [2.45, 2.75) is 39.3 Å². The average molecular weight is 327 g/mol. The van der Waals surface area contributed by atoms with Crippen LogP contribution < -0.4 is 5.32 Å². The number of hydrogen-bond donors (Lipinski definition) is 1. The fourth-order valence-electron chi connectivity index (χ4n) is 1.65. The lowest BCUT2D eigenvalue weighted by Gasteiger charge is -2.19. The predicted octanol–water partition coefficient (Wildman–Crippen LogP) is 1.60. The van der Waals surface area contributed by atoms with E-state index in [1.165, 1.54) is 13.3 Å². The van der Waals surface area contributed by atoms with Crippen LogP contribution in [0.2, 0.25) is 0 Å². The second kappa shape index (κ2) is 9.14. The molecule has 23 heavy (non-hydrogen) atoms. The first-order chi connectivity index (χ1) is 10.8. The zero-order valence-corrected chi connectivity index (χ0v) is 14.1. The highest BCUT2D eigenvalue weighted by Gasteiger charge is 2.15. The van der Waals surface area contributed by atoms with E-state index in [0.717, 1.165) is 0 Å². The Kier molecular flexibility index (Phi) is 7.53. The van der Waals surface area contributed by atoms with Crippen LogP contribution in [0.5, 0.6) is 0 Å². The van der Waals surface area contributed by atoms with Gasteiger partial charge in [0, 0.05) is 19.3 Å². The number of carbonyl (C=O) groups excluding carboxylic acids is 2. The van der Waals surface area contributed by atoms with Crippen molar-refractivity contribution in [1.82, 2.24) is 15.1 Å². The van der Waals surface area contributed by atoms with E-state index in [1.54, 1.807) is 10.9 Å². The molecule has 0 spiro atoms. The summed E-state index contributed by atoms with van der Waals surface area (Å²) in [6.45, 7) is 7.46. The van der Waals surface area contributed by atoms with Gasteiger partial charge in [-0.25, -0.2) is 9.59 Å². The first-order valence-corrected chi connectivity index (χ1v) is 7.47. The van der Waals surface area contributed by atoms with Gasteiger partial charge in [-0.05, 0) is 27.2 Å². The molecule has 0 saturated carbocycles. The second-order valence-electron chi connectivity index (χ2n) is 5.88. The SMILES string of the molecule is COC(=O)c1cnn(CCOCCCNC(=O)OC(C)(C)C)c1. The van der Waals surface area contributed by atoms with Crippen LogP contribution in [-0.2, 0) is 20.8 Å². The van der Waals surface area contributed by atoms with E-state index >= 15 is 0 Å². The van der Waals surface area contributed by atoms with E-state index in [2.05, 4.69) is 15.2 Å². The maximum Gasteiger partial charge on any atom is 0.407 e. The topological polar surface area (TPSA) is 91.7 Å². The summed E-state index contributed by atoms with van der Waals surface area (Å²) in [5.74, 6) is -0.412. The van der Waals surface area contributed by atoms with Gasteiger partial charge in [0.1, 0.15) is 5.60 Å². The van der Waals surface area contributed by atoms with E-state index in [-0.39, 0.29) is 0 Å². The van der Waals surface area contributed by atoms with E-state index < -0.39 is 17.7 Å². The van der Waals surface area contributed by atoms with Crippen molar-refractivity contribution in [2.75, 3.05) is 26.9 Å². The van der Waals surface area contributed by atoms with Crippen LogP contribution in [-0.4, -0.2) is 54.3 Å². The molecule has 8 heteroatoms. The van der Waals surface area contributed by atoms with Gasteiger partial charge in [0.15, 0.2) is 0 Å². The molecule has 1 aromatic rings. The minimum Gasteiger partial charge on any atom is -0.465 e. The van der Waals surface area contributed by atoms with Gasteiger partial charge in [0.2, 0.25) is 0 Å². The van der Waals surface area contributed by atoms with Crippen LogP contribution in [0.3, 0.4) is 0 Å². The molecule has 0 bridgehead atoms. The van der Waals surface area contributed by atoms with Crippen LogP contribution >= 0.6 is 0 Å². The number of methoxy groups -OCH3 is 1. The number of carbonyl (C=O) groups is 2. The number of amides is 1. The zero-order chi connectivity index (χ0) is 17.3. The molecular formula is C15H25N3O5. The van der Waals surface area contributed by atoms with Crippen molar-refractivity contribution < 1.29 is 23.8 Å². The molecule has 1 heterocycles. The Morgan fingerprint density at radius 1 is 1.30 bits per heavy atom. The molecule has 0 unspecified atom stereocenters. The zero-order valence-electron chi connectivity index (χ0n) is 14.1. The first-order valence-electron chi connectivity index (χ1n) is 7.47. The van der Waals surface area contributed by atoms with Crippen molar-refractivity contribution in [3.8, 4) is 0 Å². The number of alkyl carbamates (subject to hydrolysis) is 1. The Morgan fingerprint density at radius 3 is 2.70 bits per heavy atom. The van der Waals surface area contributed by atoms with Gasteiger partial charge >= 0.3 is 12.1 Å². The lowest BCUT2D eigenvalue weighted by atomic mass is 10.2. The molecule has 130 valence electrons. The highest BCUT2D eigenvalue weighted by atomic mass is 16.6. The van der Waals surface area contributed by atoms with E-state index in [1.807, 2.05) is 20.8 Å². The fourth-order valence-corrected chi connectivity index (χ4v) is 1.65. The van der Waals surface area contributed by atoms with Crippen LogP contribution in [0, 0.1) is 0 Å². The van der Waals surface area contributed by atoms with Crippen molar-refractivity contribution >= 4 is 12.1 Å². The standard InChI is InChI=1S/C15H25N3O5/c1-15(2,3)23-14(20)16-6-5-8-22-9-7-18-11-12(10-17-18)13(19)21-4/h10-11H,5-9H2,1-4H3,(H,16,20). The average Bonchev–Trinajstić information content (AvgIpc) is 2.92. The molecule has 0 atom stereocenters. The molecule has 0 aliphatic carbocycles. The third-order valence-electron chi connectivity index (χ3n) is 2.65. The molecule has 0 aliphatic heterocycles. The van der Waals surface area contributed by atoms with Crippen LogP contribution in [0.15, 0.2) is 12.4 Å². The minimum absolute atomic E-state index is 0.411. The monoisotopic (exact) mass is 327 g/mol. The number of hydrogen-bond acceptors (Lipinski definition) is 6. The summed E-state index contributed by atoms with van der Waals surface area (Å²) in [6, 6.07) is 0. The Balaban J connectivity index is 2.06. The Bertz CT molecular complexity index is 507. The number of nitrogens with zero attached hydrogens (tertiary/aromatic N) is 2. The van der Waals surface area contributed by atoms with Crippen molar-refractivity contribution in [2.24, 2.45) is 0 Å². The van der Waals surface area contributed by atoms with Crippen molar-refractivity contribution in [1.29, 1.82) is 0 Å². The summed E-state index contributed by atoms with van der Waals surface area (Å²) in [5, 5.41) is 6.70. The maximum absolute atomic E-state index is 11.4. The second-order valence-corrected chi connectivity index (χ2v) is 5.88. The number of aromatic nitrogens is 2. The quantitative estimate of drug-likeness (QED) is 0.576. The van der Waals surface area contributed by atoms with Gasteiger partial charge in [-0.1, -0.05) is 0 Å². The molecule has 1 amide bonds. The third kappa shape index (κ3) is 8.20. The third-order valence-corrected chi connectivity index (χ3v) is 2.65. The summed E-state index contributed by atoms with van der Waals surface area (Å²) >= 11 is 0. The molecule has 0 fully saturated rings. The van der Waals surface area contributed by atoms with E-state index in [4.69, 9.17) is 9.47 Å². The van der Waals surface area contributed by atoms with E-state index in [0.29, 0.717) is 38.3 Å². The first kappa shape index (κ1) is 19.0. The maximum atomic E-state index is 11.4. The minimum atomic E-state index is -0.493. The molecule has 1 rings (SSSR count). The lowest BCUT2D eigenvalue weighted by Crippen LogP contribution is -2.33. The van der Waals surface area contributed by atoms with Gasteiger partial charge in [0.05, 0.1) is 32.0 Å². The molecule has 1 N–H and O–H groups in total. The largest absolute Gasteiger partial charge is 0.465 e. The number of ether oxygens (including phenoxy) is 3. The summed E-state index contributed by atoms with van der Waals surface area (Å²) in [7, 11) is 1.33. The Labute approximate surface area is 136 Å². The molecule has 8 nitrogen and oxygen atoms in total. The van der Waals surface area contributed by atoms with Crippen molar-refractivity contribution in [3.63, 3.8) is 0 Å². The number of rotatable bonds is 8. The van der Waals surface area contributed by atoms with Gasteiger partial charge in [-0.2, -0.15) is 5.10 Å². The summed E-state index contributed by atoms with van der Waals surface area (Å²) in [5.41, 5.74) is -0.0815. The molecular weight excluding hydrogens is 302 g/mol. The fraction of sp³-hybridized carbons (Fsp3) is 0.667. The van der Waals surface area contributed by atoms with E-state index in [9.17, 15) is 9.59 Å². The number of esters is 1. The normalized spacial score (nSPS) is 11.1. The predicted molar refractivity (Wildman–Crippen MR) is 83.2 cm³/mol. The molecule has 0 aromatic carbocycles. The molecule has 1 aromatic heterocycles. The summed E-state index contributed by atoms with van der Waals surface area (Å²) in [4.78, 5) is 22.7. The summed E-state index contributed by atoms with van der Waals surface area (Å²) in [6.07, 6.45) is 3.33. The molecule has 0 saturated heterocycles. The van der Waals surface area contributed by atoms with Crippen LogP contribution in [0.4, 0.5) is 4.79 Å². The van der Waals surface area contributed by atoms with Crippen molar-refractivity contribution in [3.05, 3.63) is 18.0 Å². The smallest absolute Gasteiger partial charge is 0.407 e. The van der Waals surface area contributed by atoms with Crippen LogP contribution in [0.1, 0.15) is 37.6 Å². The molecule has 0 radical (unpaired) electrons. The van der Waals surface area contributed by atoms with Gasteiger partial charge in [-0.15, -0.1) is 0 Å². The highest BCUT2D eigenvalue weighted by molar-refractivity contribution is 5.88. The van der Waals surface area contributed by atoms with Gasteiger partial charge < -0.3 is 19.5 Å². The number of nitrogens with one attached hydrogen (secondary N) is 1.